The molecule has 0 radical (unpaired) electrons. The maximum Gasteiger partial charge on any atom is 0.243 e. The largest absolute Gasteiger partial charge is 0.341 e. The molecule has 0 spiro atoms. The van der Waals surface area contributed by atoms with Gasteiger partial charge in [0.2, 0.25) is 11.8 Å². The Morgan fingerprint density at radius 1 is 0.953 bits per heavy atom. The highest BCUT2D eigenvalue weighted by molar-refractivity contribution is 6.31. The number of rotatable bonds is 8. The molecular formula is C33H46Cl2N6O2. The molecule has 43 heavy (non-hydrogen) atoms. The third-order valence-corrected chi connectivity index (χ3v) is 9.09. The van der Waals surface area contributed by atoms with Crippen molar-refractivity contribution in [1.82, 2.24) is 19.7 Å². The number of hydrazine groups is 1. The van der Waals surface area contributed by atoms with Gasteiger partial charge in [-0.2, -0.15) is 0 Å². The van der Waals surface area contributed by atoms with Crippen LogP contribution in [0.3, 0.4) is 0 Å². The first-order chi connectivity index (χ1) is 20.7. The Morgan fingerprint density at radius 3 is 2.33 bits per heavy atom. The summed E-state index contributed by atoms with van der Waals surface area (Å²) in [6.07, 6.45) is 8.63. The minimum atomic E-state index is 0.0876. The molecule has 2 saturated heterocycles. The van der Waals surface area contributed by atoms with Crippen molar-refractivity contribution in [3.05, 3.63) is 64.3 Å². The van der Waals surface area contributed by atoms with Crippen LogP contribution < -0.4 is 16.2 Å². The number of amides is 2. The predicted octanol–water partition coefficient (Wildman–Crippen LogP) is 5.74. The molecule has 0 saturated carbocycles. The van der Waals surface area contributed by atoms with E-state index >= 15 is 0 Å². The lowest BCUT2D eigenvalue weighted by Crippen LogP contribution is -2.48. The number of carbonyl (C=O) groups excluding carboxylic acids is 2. The molecule has 0 bridgehead atoms. The third-order valence-electron chi connectivity index (χ3n) is 8.60. The van der Waals surface area contributed by atoms with Crippen LogP contribution >= 0.6 is 23.2 Å². The van der Waals surface area contributed by atoms with Gasteiger partial charge in [0.25, 0.3) is 0 Å². The van der Waals surface area contributed by atoms with E-state index < -0.39 is 0 Å². The molecule has 10 heteroatoms. The fraction of sp³-hybridized carbons (Fsp3) is 0.515. The summed E-state index contributed by atoms with van der Waals surface area (Å²) in [4.78, 5) is 28.9. The molecule has 8 nitrogen and oxygen atoms in total. The molecule has 234 valence electrons. The maximum absolute atomic E-state index is 12.7. The number of aromatic nitrogens is 1. The Kier molecular flexibility index (Phi) is 12.2. The molecule has 2 aliphatic rings. The highest BCUT2D eigenvalue weighted by atomic mass is 35.5. The standard InChI is InChI=1S/C19H26ClN3O.C14H20ClN3O/c1-14-6-9-22(10-7-14)19(24)13-23-12-15(5-8-21-2)17-11-16(20)3-4-18(17)23;1-11-4-2-3-9-17(11)14(19)10-18(16)13-7-5-12(15)6-8-13/h3-4,11-12,14,21H,5-10,13H2,1-2H3;5-8,11H,2-4,9-10,16H2,1H3. The number of anilines is 1. The van der Waals surface area contributed by atoms with Crippen molar-refractivity contribution < 1.29 is 9.59 Å². The first-order valence-corrected chi connectivity index (χ1v) is 16.2. The predicted molar refractivity (Wildman–Crippen MR) is 178 cm³/mol. The summed E-state index contributed by atoms with van der Waals surface area (Å²) < 4.78 is 2.08. The maximum atomic E-state index is 12.7. The number of halogens is 2. The van der Waals surface area contributed by atoms with Crippen molar-refractivity contribution in [2.24, 2.45) is 11.8 Å². The van der Waals surface area contributed by atoms with Gasteiger partial charge >= 0.3 is 0 Å². The van der Waals surface area contributed by atoms with Crippen LogP contribution in [0.1, 0.15) is 51.5 Å². The van der Waals surface area contributed by atoms with E-state index in [4.69, 9.17) is 29.0 Å². The van der Waals surface area contributed by atoms with E-state index in [1.54, 1.807) is 12.1 Å². The fourth-order valence-corrected chi connectivity index (χ4v) is 6.16. The lowest BCUT2D eigenvalue weighted by atomic mass is 9.99. The Balaban J connectivity index is 0.000000203. The van der Waals surface area contributed by atoms with Crippen LogP contribution in [0, 0.1) is 5.92 Å². The zero-order valence-electron chi connectivity index (χ0n) is 25.7. The molecular weight excluding hydrogens is 583 g/mol. The van der Waals surface area contributed by atoms with Gasteiger partial charge in [0.15, 0.2) is 0 Å². The second-order valence-corrected chi connectivity index (χ2v) is 12.8. The van der Waals surface area contributed by atoms with E-state index in [0.717, 1.165) is 85.8 Å². The van der Waals surface area contributed by atoms with Crippen molar-refractivity contribution in [2.75, 3.05) is 44.8 Å². The molecule has 1 atom stereocenters. The Morgan fingerprint density at radius 2 is 1.65 bits per heavy atom. The summed E-state index contributed by atoms with van der Waals surface area (Å²) in [6.45, 7) is 8.49. The molecule has 3 heterocycles. The van der Waals surface area contributed by atoms with Crippen molar-refractivity contribution in [3.8, 4) is 0 Å². The lowest BCUT2D eigenvalue weighted by Gasteiger charge is -2.34. The first-order valence-electron chi connectivity index (χ1n) is 15.4. The number of carbonyl (C=O) groups is 2. The second kappa shape index (κ2) is 15.8. The van der Waals surface area contributed by atoms with Crippen LogP contribution in [0.4, 0.5) is 5.69 Å². The van der Waals surface area contributed by atoms with E-state index in [1.165, 1.54) is 17.0 Å². The molecule has 1 unspecified atom stereocenters. The zero-order chi connectivity index (χ0) is 30.9. The summed E-state index contributed by atoms with van der Waals surface area (Å²) >= 11 is 12.0. The summed E-state index contributed by atoms with van der Waals surface area (Å²) in [5, 5.41) is 7.21. The van der Waals surface area contributed by atoms with Gasteiger partial charge < -0.3 is 24.7 Å². The highest BCUT2D eigenvalue weighted by Crippen LogP contribution is 2.26. The number of piperidine rings is 2. The van der Waals surface area contributed by atoms with E-state index in [9.17, 15) is 9.59 Å². The Labute approximate surface area is 266 Å². The zero-order valence-corrected chi connectivity index (χ0v) is 27.2. The molecule has 2 aliphatic heterocycles. The van der Waals surface area contributed by atoms with Gasteiger partial charge in [0.05, 0.1) is 5.69 Å². The number of nitrogens with two attached hydrogens (primary N) is 1. The number of likely N-dealkylation sites (tertiary alicyclic amines) is 2. The van der Waals surface area contributed by atoms with Crippen molar-refractivity contribution >= 4 is 51.6 Å². The normalized spacial score (nSPS) is 17.5. The monoisotopic (exact) mass is 628 g/mol. The van der Waals surface area contributed by atoms with Gasteiger partial charge in [0.1, 0.15) is 13.1 Å². The molecule has 3 N–H and O–H groups in total. The van der Waals surface area contributed by atoms with Gasteiger partial charge in [-0.1, -0.05) is 30.1 Å². The van der Waals surface area contributed by atoms with Gasteiger partial charge in [-0.15, -0.1) is 0 Å². The third kappa shape index (κ3) is 9.11. The summed E-state index contributed by atoms with van der Waals surface area (Å²) in [6, 6.07) is 13.4. The molecule has 2 fully saturated rings. The van der Waals surface area contributed by atoms with Gasteiger partial charge in [0, 0.05) is 52.8 Å². The topological polar surface area (TPSA) is 86.8 Å². The number of hydrogen-bond acceptors (Lipinski definition) is 5. The molecule has 2 amide bonds. The number of nitrogens with one attached hydrogen (secondary N) is 1. The van der Waals surface area contributed by atoms with Crippen LogP contribution in [0.2, 0.25) is 10.0 Å². The smallest absolute Gasteiger partial charge is 0.243 e. The number of hydrogen-bond donors (Lipinski definition) is 2. The number of fused-ring (bicyclic) bond motifs is 1. The van der Waals surface area contributed by atoms with Crippen LogP contribution in [0.5, 0.6) is 0 Å². The number of nitrogens with zero attached hydrogens (tertiary/aromatic N) is 4. The summed E-state index contributed by atoms with van der Waals surface area (Å²) in [7, 11) is 1.95. The lowest BCUT2D eigenvalue weighted by molar-refractivity contribution is -0.133. The number of likely N-dealkylation sites (N-methyl/N-ethyl adjacent to an activating group) is 1. The minimum absolute atomic E-state index is 0.0876. The molecule has 5 rings (SSSR count). The van der Waals surface area contributed by atoms with E-state index in [-0.39, 0.29) is 18.4 Å². The minimum Gasteiger partial charge on any atom is -0.341 e. The van der Waals surface area contributed by atoms with Gasteiger partial charge in [-0.05, 0) is 113 Å². The van der Waals surface area contributed by atoms with Crippen molar-refractivity contribution in [2.45, 2.75) is 65.0 Å². The molecule has 2 aromatic carbocycles. The molecule has 1 aromatic heterocycles. The van der Waals surface area contributed by atoms with Crippen LogP contribution in [0.25, 0.3) is 10.9 Å². The Bertz CT molecular complexity index is 1350. The van der Waals surface area contributed by atoms with Crippen LogP contribution in [-0.2, 0) is 22.6 Å². The molecule has 3 aromatic rings. The van der Waals surface area contributed by atoms with Crippen molar-refractivity contribution in [3.63, 3.8) is 0 Å². The van der Waals surface area contributed by atoms with Crippen LogP contribution in [-0.4, -0.2) is 72.0 Å². The molecule has 0 aliphatic carbocycles. The van der Waals surface area contributed by atoms with Crippen molar-refractivity contribution in [1.29, 1.82) is 0 Å². The van der Waals surface area contributed by atoms with Crippen LogP contribution in [0.15, 0.2) is 48.7 Å². The first kappa shape index (κ1) is 33.1. The summed E-state index contributed by atoms with van der Waals surface area (Å²) in [5.41, 5.74) is 3.12. The summed E-state index contributed by atoms with van der Waals surface area (Å²) in [5.74, 6) is 6.98. The van der Waals surface area contributed by atoms with E-state index in [1.807, 2.05) is 47.2 Å². The quantitative estimate of drug-likeness (QED) is 0.245. The number of benzene rings is 2. The SMILES string of the molecule is CC1CCCCN1C(=O)CN(N)c1ccc(Cl)cc1.CNCCc1cn(CC(=O)N2CCC(C)CC2)c2ccc(Cl)cc12. The second-order valence-electron chi connectivity index (χ2n) is 11.9. The fourth-order valence-electron chi connectivity index (χ4n) is 5.87. The van der Waals surface area contributed by atoms with E-state index in [0.29, 0.717) is 17.6 Å². The van der Waals surface area contributed by atoms with Gasteiger partial charge in [-0.3, -0.25) is 9.59 Å². The average Bonchev–Trinajstić information content (AvgIpc) is 3.33. The van der Waals surface area contributed by atoms with Gasteiger partial charge in [-0.25, -0.2) is 5.84 Å². The highest BCUT2D eigenvalue weighted by Gasteiger charge is 2.24. The Hall–Kier alpha value is -2.78. The average molecular weight is 630 g/mol. The van der Waals surface area contributed by atoms with E-state index in [2.05, 4.69) is 29.9 Å².